The first kappa shape index (κ1) is 16.8. The van der Waals surface area contributed by atoms with E-state index in [0.717, 1.165) is 38.1 Å². The molecule has 19 heavy (non-hydrogen) atoms. The van der Waals surface area contributed by atoms with Gasteiger partial charge in [0.15, 0.2) is 0 Å². The highest BCUT2D eigenvalue weighted by molar-refractivity contribution is 4.83. The van der Waals surface area contributed by atoms with Crippen molar-refractivity contribution >= 4 is 0 Å². The van der Waals surface area contributed by atoms with Crippen molar-refractivity contribution in [3.8, 4) is 0 Å². The molecule has 0 amide bonds. The molecule has 1 nitrogen and oxygen atoms in total. The van der Waals surface area contributed by atoms with E-state index in [0.29, 0.717) is 5.92 Å². The van der Waals surface area contributed by atoms with Gasteiger partial charge in [-0.3, -0.25) is 0 Å². The average Bonchev–Trinajstić information content (AvgIpc) is 2.38. The van der Waals surface area contributed by atoms with Gasteiger partial charge >= 0.3 is 6.18 Å². The van der Waals surface area contributed by atoms with Gasteiger partial charge in [-0.05, 0) is 44.1 Å². The maximum atomic E-state index is 12.4. The average molecular weight is 279 g/mol. The van der Waals surface area contributed by atoms with Gasteiger partial charge in [-0.1, -0.05) is 33.1 Å². The molecule has 1 rings (SSSR count). The number of nitrogens with one attached hydrogen (secondary N) is 1. The van der Waals surface area contributed by atoms with Gasteiger partial charge in [0.1, 0.15) is 0 Å². The zero-order chi connectivity index (χ0) is 14.3. The van der Waals surface area contributed by atoms with E-state index in [1.54, 1.807) is 0 Å². The third-order valence-electron chi connectivity index (χ3n) is 4.37. The molecule has 0 aliphatic heterocycles. The number of hydrogen-bond donors (Lipinski definition) is 1. The number of hydrogen-bond acceptors (Lipinski definition) is 1. The smallest absolute Gasteiger partial charge is 0.314 e. The van der Waals surface area contributed by atoms with Crippen LogP contribution in [0.15, 0.2) is 0 Å². The Morgan fingerprint density at radius 2 is 1.95 bits per heavy atom. The van der Waals surface area contributed by atoms with E-state index in [9.17, 15) is 13.2 Å². The molecule has 1 N–H and O–H groups in total. The molecular formula is C15H28F3N. The second-order valence-corrected chi connectivity index (χ2v) is 5.92. The van der Waals surface area contributed by atoms with Crippen molar-refractivity contribution in [2.45, 2.75) is 77.4 Å². The molecule has 0 saturated heterocycles. The Kier molecular flexibility index (Phi) is 7.19. The van der Waals surface area contributed by atoms with Crippen LogP contribution in [0.1, 0.15) is 65.2 Å². The van der Waals surface area contributed by atoms with E-state index >= 15 is 0 Å². The van der Waals surface area contributed by atoms with E-state index in [-0.39, 0.29) is 12.5 Å². The highest BCUT2D eigenvalue weighted by atomic mass is 19.4. The van der Waals surface area contributed by atoms with Gasteiger partial charge in [0.05, 0.1) is 0 Å². The Hall–Kier alpha value is -0.250. The van der Waals surface area contributed by atoms with E-state index in [2.05, 4.69) is 19.2 Å². The first-order chi connectivity index (χ1) is 8.96. The van der Waals surface area contributed by atoms with Crippen molar-refractivity contribution in [3.63, 3.8) is 0 Å². The molecule has 0 bridgehead atoms. The van der Waals surface area contributed by atoms with Gasteiger partial charge in [0, 0.05) is 12.5 Å². The quantitative estimate of drug-likeness (QED) is 0.698. The summed E-state index contributed by atoms with van der Waals surface area (Å²) in [7, 11) is 0. The summed E-state index contributed by atoms with van der Waals surface area (Å²) in [5.41, 5.74) is 0. The van der Waals surface area contributed by atoms with Gasteiger partial charge in [-0.15, -0.1) is 0 Å². The molecule has 1 saturated carbocycles. The fourth-order valence-electron chi connectivity index (χ4n) is 3.22. The molecule has 0 aromatic rings. The summed E-state index contributed by atoms with van der Waals surface area (Å²) in [6.45, 7) is 5.08. The van der Waals surface area contributed by atoms with Crippen molar-refractivity contribution in [1.82, 2.24) is 5.32 Å². The molecule has 1 aliphatic carbocycles. The fraction of sp³-hybridized carbons (Fsp3) is 1.00. The minimum atomic E-state index is -4.02. The van der Waals surface area contributed by atoms with Crippen LogP contribution in [0.2, 0.25) is 0 Å². The van der Waals surface area contributed by atoms with Crippen LogP contribution in [-0.4, -0.2) is 18.8 Å². The van der Waals surface area contributed by atoms with Crippen LogP contribution in [0.4, 0.5) is 13.2 Å². The summed E-state index contributed by atoms with van der Waals surface area (Å²) in [4.78, 5) is 0. The minimum Gasteiger partial charge on any atom is -0.314 e. The zero-order valence-electron chi connectivity index (χ0n) is 12.2. The fourth-order valence-corrected chi connectivity index (χ4v) is 3.22. The van der Waals surface area contributed by atoms with Gasteiger partial charge in [0.25, 0.3) is 0 Å². The summed E-state index contributed by atoms with van der Waals surface area (Å²) >= 11 is 0. The molecule has 4 heteroatoms. The Morgan fingerprint density at radius 1 is 1.21 bits per heavy atom. The Balaban J connectivity index is 2.51. The first-order valence-electron chi connectivity index (χ1n) is 7.76. The largest absolute Gasteiger partial charge is 0.389 e. The van der Waals surface area contributed by atoms with Crippen LogP contribution in [-0.2, 0) is 0 Å². The van der Waals surface area contributed by atoms with E-state index in [1.807, 2.05) is 0 Å². The maximum absolute atomic E-state index is 12.4. The third-order valence-corrected chi connectivity index (χ3v) is 4.37. The van der Waals surface area contributed by atoms with Crippen LogP contribution < -0.4 is 5.32 Å². The van der Waals surface area contributed by atoms with E-state index < -0.39 is 12.6 Å². The Morgan fingerprint density at radius 3 is 2.53 bits per heavy atom. The Labute approximate surface area is 115 Å². The third kappa shape index (κ3) is 6.64. The van der Waals surface area contributed by atoms with Crippen molar-refractivity contribution in [2.75, 3.05) is 6.54 Å². The lowest BCUT2D eigenvalue weighted by molar-refractivity contribution is -0.137. The van der Waals surface area contributed by atoms with E-state index in [4.69, 9.17) is 0 Å². The van der Waals surface area contributed by atoms with Crippen molar-refractivity contribution in [1.29, 1.82) is 0 Å². The van der Waals surface area contributed by atoms with Gasteiger partial charge in [0.2, 0.25) is 0 Å². The molecule has 0 radical (unpaired) electrons. The highest BCUT2D eigenvalue weighted by Gasteiger charge is 2.32. The molecule has 1 fully saturated rings. The summed E-state index contributed by atoms with van der Waals surface area (Å²) in [6.07, 6.45) is 2.34. The van der Waals surface area contributed by atoms with Crippen LogP contribution >= 0.6 is 0 Å². The number of alkyl halides is 3. The van der Waals surface area contributed by atoms with Crippen LogP contribution in [0, 0.1) is 11.8 Å². The predicted molar refractivity (Wildman–Crippen MR) is 73.1 cm³/mol. The summed E-state index contributed by atoms with van der Waals surface area (Å²) < 4.78 is 37.3. The standard InChI is InChI=1S/C15H28F3N/c1-3-10-19-14(8-9-15(16,17)18)13-7-5-6-12(4-2)11-13/h12-14,19H,3-11H2,1-2H3. The van der Waals surface area contributed by atoms with Crippen molar-refractivity contribution < 1.29 is 13.2 Å². The summed E-state index contributed by atoms with van der Waals surface area (Å²) in [5.74, 6) is 1.16. The predicted octanol–water partition coefficient (Wildman–Crippen LogP) is 4.91. The SMILES string of the molecule is CCCNC(CCC(F)(F)F)C1CCCC(CC)C1. The number of rotatable bonds is 7. The monoisotopic (exact) mass is 279 g/mol. The van der Waals surface area contributed by atoms with Gasteiger partial charge < -0.3 is 5.32 Å². The highest BCUT2D eigenvalue weighted by Crippen LogP contribution is 2.35. The second kappa shape index (κ2) is 8.13. The first-order valence-corrected chi connectivity index (χ1v) is 7.76. The lowest BCUT2D eigenvalue weighted by atomic mass is 9.76. The minimum absolute atomic E-state index is 0.0518. The molecule has 0 spiro atoms. The second-order valence-electron chi connectivity index (χ2n) is 5.92. The molecular weight excluding hydrogens is 251 g/mol. The molecule has 0 heterocycles. The molecule has 114 valence electrons. The summed E-state index contributed by atoms with van der Waals surface area (Å²) in [6, 6.07) is 0.0518. The van der Waals surface area contributed by atoms with Crippen molar-refractivity contribution in [2.24, 2.45) is 11.8 Å². The van der Waals surface area contributed by atoms with Gasteiger partial charge in [-0.2, -0.15) is 13.2 Å². The lowest BCUT2D eigenvalue weighted by Gasteiger charge is -2.35. The topological polar surface area (TPSA) is 12.0 Å². The van der Waals surface area contributed by atoms with Gasteiger partial charge in [-0.25, -0.2) is 0 Å². The molecule has 0 aromatic heterocycles. The number of halogens is 3. The summed E-state index contributed by atoms with van der Waals surface area (Å²) in [5, 5.41) is 3.36. The van der Waals surface area contributed by atoms with Crippen LogP contribution in [0.3, 0.4) is 0 Å². The molecule has 1 aliphatic rings. The van der Waals surface area contributed by atoms with Crippen LogP contribution in [0.5, 0.6) is 0 Å². The zero-order valence-corrected chi connectivity index (χ0v) is 12.2. The lowest BCUT2D eigenvalue weighted by Crippen LogP contribution is -2.39. The molecule has 3 unspecified atom stereocenters. The molecule has 0 aromatic carbocycles. The van der Waals surface area contributed by atoms with Crippen molar-refractivity contribution in [3.05, 3.63) is 0 Å². The van der Waals surface area contributed by atoms with Crippen LogP contribution in [0.25, 0.3) is 0 Å². The molecule has 3 atom stereocenters. The Bertz CT molecular complexity index is 240. The van der Waals surface area contributed by atoms with E-state index in [1.165, 1.54) is 12.8 Å². The maximum Gasteiger partial charge on any atom is 0.389 e. The normalized spacial score (nSPS) is 26.4.